The number of carbonyl (C=O) groups excluding carboxylic acids is 1. The molecule has 2 fully saturated rings. The number of oxime groups is 1. The average molecular weight is 417 g/mol. The molecule has 0 spiro atoms. The van der Waals surface area contributed by atoms with Crippen LogP contribution in [0.1, 0.15) is 65.2 Å². The van der Waals surface area contributed by atoms with Gasteiger partial charge in [0.1, 0.15) is 12.4 Å². The monoisotopic (exact) mass is 416 g/mol. The fourth-order valence-electron chi connectivity index (χ4n) is 4.64. The van der Waals surface area contributed by atoms with Crippen LogP contribution in [-0.4, -0.2) is 48.3 Å². The van der Waals surface area contributed by atoms with Gasteiger partial charge in [0.25, 0.3) is 0 Å². The molecule has 0 radical (unpaired) electrons. The van der Waals surface area contributed by atoms with Crippen molar-refractivity contribution in [3.63, 3.8) is 0 Å². The van der Waals surface area contributed by atoms with Gasteiger partial charge in [0, 0.05) is 44.2 Å². The summed E-state index contributed by atoms with van der Waals surface area (Å²) in [7, 11) is 0. The maximum atomic E-state index is 13.3. The molecule has 2 aliphatic rings. The highest BCUT2D eigenvalue weighted by molar-refractivity contribution is 5.92. The Hall–Kier alpha value is -2.08. The van der Waals surface area contributed by atoms with E-state index >= 15 is 0 Å². The number of piperidine rings is 1. The van der Waals surface area contributed by atoms with Crippen molar-refractivity contribution in [1.82, 2.24) is 4.90 Å². The summed E-state index contributed by atoms with van der Waals surface area (Å²) in [5.41, 5.74) is 1.98. The summed E-state index contributed by atoms with van der Waals surface area (Å²) in [6.07, 6.45) is 10.4. The van der Waals surface area contributed by atoms with Gasteiger partial charge in [0.15, 0.2) is 0 Å². The largest absolute Gasteiger partial charge is 0.396 e. The molecule has 30 heavy (non-hydrogen) atoms. The number of anilines is 1. The van der Waals surface area contributed by atoms with Gasteiger partial charge in [-0.1, -0.05) is 5.16 Å². The summed E-state index contributed by atoms with van der Waals surface area (Å²) in [6.45, 7) is 6.36. The second-order valence-electron chi connectivity index (χ2n) is 8.40. The molecule has 0 unspecified atom stereocenters. The molecule has 1 aromatic carbocycles. The quantitative estimate of drug-likeness (QED) is 0.342. The first-order valence-corrected chi connectivity index (χ1v) is 11.3. The summed E-state index contributed by atoms with van der Waals surface area (Å²) >= 11 is 0. The van der Waals surface area contributed by atoms with Gasteiger partial charge in [0.05, 0.1) is 25.5 Å². The molecule has 1 aliphatic carbocycles. The van der Waals surface area contributed by atoms with E-state index in [1.807, 2.05) is 4.90 Å². The van der Waals surface area contributed by atoms with Gasteiger partial charge in [-0.25, -0.2) is 4.39 Å². The third kappa shape index (κ3) is 6.21. The van der Waals surface area contributed by atoms with Gasteiger partial charge in [-0.3, -0.25) is 4.79 Å². The normalized spacial score (nSPS) is 20.6. The fraction of sp³-hybridized carbons (Fsp3) is 0.625. The van der Waals surface area contributed by atoms with E-state index in [1.165, 1.54) is 17.8 Å². The number of nitrogens with zero attached hydrogens (tertiary/aromatic N) is 3. The van der Waals surface area contributed by atoms with Crippen molar-refractivity contribution in [3.05, 3.63) is 36.5 Å². The van der Waals surface area contributed by atoms with Crippen molar-refractivity contribution in [1.29, 1.82) is 0 Å². The number of benzene rings is 1. The van der Waals surface area contributed by atoms with Crippen LogP contribution in [0, 0.1) is 12.2 Å². The summed E-state index contributed by atoms with van der Waals surface area (Å²) in [4.78, 5) is 22.2. The lowest BCUT2D eigenvalue weighted by Crippen LogP contribution is -2.50. The number of carbonyl (C=O) groups is 1. The second-order valence-corrected chi connectivity index (χ2v) is 8.40. The maximum Gasteiger partial charge on any atom is 0.224 e. The Balaban J connectivity index is 1.45. The molecule has 1 amide bonds. The van der Waals surface area contributed by atoms with Gasteiger partial charge in [0.2, 0.25) is 5.91 Å². The van der Waals surface area contributed by atoms with Gasteiger partial charge >= 0.3 is 0 Å². The lowest BCUT2D eigenvalue weighted by Gasteiger charge is -2.42. The summed E-state index contributed by atoms with van der Waals surface area (Å²) in [5.74, 6) is -0.252. The van der Waals surface area contributed by atoms with Gasteiger partial charge < -0.3 is 14.6 Å². The highest BCUT2D eigenvalue weighted by atomic mass is 19.1. The van der Waals surface area contributed by atoms with E-state index in [2.05, 4.69) is 23.4 Å². The predicted molar refractivity (Wildman–Crippen MR) is 119 cm³/mol. The second kappa shape index (κ2) is 11.3. The Bertz CT molecular complexity index is 689. The number of unbranched alkanes of at least 4 members (excludes halogenated alkanes) is 2. The van der Waals surface area contributed by atoms with Gasteiger partial charge in [-0.15, -0.1) is 0 Å². The SMILES string of the molecule is C[CH+]CCCON=C1CCC(N2CCC(N(C(C)=O)c3ccc(F)cc3)CC2)CC1. The Kier molecular flexibility index (Phi) is 8.55. The van der Waals surface area contributed by atoms with Crippen LogP contribution < -0.4 is 4.90 Å². The minimum Gasteiger partial charge on any atom is -0.396 e. The molecular weight excluding hydrogens is 381 g/mol. The number of halogens is 1. The van der Waals surface area contributed by atoms with Crippen molar-refractivity contribution in [2.75, 3.05) is 24.6 Å². The molecule has 164 valence electrons. The van der Waals surface area contributed by atoms with Crippen LogP contribution in [0.2, 0.25) is 0 Å². The van der Waals surface area contributed by atoms with E-state index in [0.29, 0.717) is 12.6 Å². The Labute approximate surface area is 180 Å². The van der Waals surface area contributed by atoms with Gasteiger partial charge in [-0.05, 0) is 62.8 Å². The highest BCUT2D eigenvalue weighted by Crippen LogP contribution is 2.28. The first-order valence-electron chi connectivity index (χ1n) is 11.3. The Morgan fingerprint density at radius 1 is 1.20 bits per heavy atom. The molecule has 6 heteroatoms. The highest BCUT2D eigenvalue weighted by Gasteiger charge is 2.31. The fourth-order valence-corrected chi connectivity index (χ4v) is 4.64. The van der Waals surface area contributed by atoms with Crippen LogP contribution >= 0.6 is 0 Å². The zero-order valence-electron chi connectivity index (χ0n) is 18.4. The van der Waals surface area contributed by atoms with E-state index < -0.39 is 0 Å². The summed E-state index contributed by atoms with van der Waals surface area (Å²) < 4.78 is 13.3. The molecule has 1 saturated carbocycles. The van der Waals surface area contributed by atoms with E-state index in [1.54, 1.807) is 19.1 Å². The van der Waals surface area contributed by atoms with E-state index in [9.17, 15) is 9.18 Å². The molecule has 0 N–H and O–H groups in total. The topological polar surface area (TPSA) is 45.1 Å². The molecule has 1 aromatic rings. The Morgan fingerprint density at radius 3 is 2.47 bits per heavy atom. The van der Waals surface area contributed by atoms with Crippen LogP contribution in [-0.2, 0) is 9.63 Å². The first-order chi connectivity index (χ1) is 14.6. The molecule has 0 aromatic heterocycles. The van der Waals surface area contributed by atoms with Crippen LogP contribution in [0.4, 0.5) is 10.1 Å². The van der Waals surface area contributed by atoms with Gasteiger partial charge in [-0.2, -0.15) is 0 Å². The summed E-state index contributed by atoms with van der Waals surface area (Å²) in [5, 5.41) is 4.34. The molecule has 3 rings (SSSR count). The zero-order valence-corrected chi connectivity index (χ0v) is 18.4. The molecule has 0 atom stereocenters. The third-order valence-corrected chi connectivity index (χ3v) is 6.28. The van der Waals surface area contributed by atoms with Crippen LogP contribution in [0.15, 0.2) is 29.4 Å². The maximum absolute atomic E-state index is 13.3. The number of likely N-dealkylation sites (tertiary alicyclic amines) is 1. The van der Waals surface area contributed by atoms with Crippen molar-refractivity contribution >= 4 is 17.3 Å². The lowest BCUT2D eigenvalue weighted by atomic mass is 9.90. The average Bonchev–Trinajstić information content (AvgIpc) is 2.76. The molecular formula is C24H35FN3O2+. The third-order valence-electron chi connectivity index (χ3n) is 6.28. The molecule has 0 bridgehead atoms. The molecule has 1 heterocycles. The van der Waals surface area contributed by atoms with Crippen LogP contribution in [0.5, 0.6) is 0 Å². The predicted octanol–water partition coefficient (Wildman–Crippen LogP) is 4.96. The molecule has 1 saturated heterocycles. The number of amides is 1. The molecule has 1 aliphatic heterocycles. The minimum atomic E-state index is -0.276. The zero-order chi connectivity index (χ0) is 21.3. The van der Waals surface area contributed by atoms with Crippen LogP contribution in [0.25, 0.3) is 0 Å². The number of hydrogen-bond acceptors (Lipinski definition) is 4. The number of hydrogen-bond donors (Lipinski definition) is 0. The van der Waals surface area contributed by atoms with Crippen molar-refractivity contribution in [2.24, 2.45) is 5.16 Å². The smallest absolute Gasteiger partial charge is 0.224 e. The van der Waals surface area contributed by atoms with E-state index in [-0.39, 0.29) is 17.8 Å². The number of rotatable bonds is 8. The van der Waals surface area contributed by atoms with Crippen molar-refractivity contribution < 1.29 is 14.0 Å². The van der Waals surface area contributed by atoms with E-state index in [4.69, 9.17) is 4.84 Å². The van der Waals surface area contributed by atoms with Crippen molar-refractivity contribution in [2.45, 2.75) is 77.3 Å². The van der Waals surface area contributed by atoms with Crippen LogP contribution in [0.3, 0.4) is 0 Å². The first kappa shape index (κ1) is 22.6. The minimum absolute atomic E-state index is 0.0235. The lowest BCUT2D eigenvalue weighted by molar-refractivity contribution is -0.117. The van der Waals surface area contributed by atoms with Crippen molar-refractivity contribution in [3.8, 4) is 0 Å². The summed E-state index contributed by atoms with van der Waals surface area (Å²) in [6, 6.07) is 7.03. The van der Waals surface area contributed by atoms with E-state index in [0.717, 1.165) is 70.1 Å². The molecule has 5 nitrogen and oxygen atoms in total. The standard InChI is InChI=1S/C24H35FN3O2/c1-3-4-5-18-30-26-21-8-12-22(13-9-21)27-16-14-24(15-17-27)28(19(2)29)23-10-6-20(25)7-11-23/h3,6-7,10-11,22,24H,4-5,8-9,12-18H2,1-2H3/q+1. The Morgan fingerprint density at radius 2 is 1.87 bits per heavy atom.